The average Bonchev–Trinajstić information content (AvgIpc) is 3.23. The molecule has 0 bridgehead atoms. The van der Waals surface area contributed by atoms with Gasteiger partial charge in [-0.25, -0.2) is 4.99 Å². The van der Waals surface area contributed by atoms with Crippen LogP contribution in [0.15, 0.2) is 41.2 Å². The lowest BCUT2D eigenvalue weighted by Gasteiger charge is -2.31. The first-order valence-electron chi connectivity index (χ1n) is 6.51. The van der Waals surface area contributed by atoms with Crippen molar-refractivity contribution in [1.82, 2.24) is 10.6 Å². The van der Waals surface area contributed by atoms with Crippen molar-refractivity contribution in [3.8, 4) is 0 Å². The summed E-state index contributed by atoms with van der Waals surface area (Å²) in [5, 5.41) is 17.9. The molecule has 1 saturated carbocycles. The Morgan fingerprint density at radius 3 is 2.67 bits per heavy atom. The number of halogens is 1. The zero-order chi connectivity index (χ0) is 15.0. The Morgan fingerprint density at radius 2 is 2.10 bits per heavy atom. The maximum absolute atomic E-state index is 11.3. The second-order valence-electron chi connectivity index (χ2n) is 5.11. The maximum Gasteiger partial charge on any atom is 0.308 e. The summed E-state index contributed by atoms with van der Waals surface area (Å²) in [7, 11) is 0. The van der Waals surface area contributed by atoms with Crippen molar-refractivity contribution in [3.63, 3.8) is 0 Å². The van der Waals surface area contributed by atoms with E-state index in [0.717, 1.165) is 12.8 Å². The van der Waals surface area contributed by atoms with E-state index >= 15 is 0 Å². The molecule has 7 nitrogen and oxygen atoms in total. The molecule has 1 aliphatic heterocycles. The van der Waals surface area contributed by atoms with Crippen LogP contribution in [0.25, 0.3) is 0 Å². The fourth-order valence-electron chi connectivity index (χ4n) is 2.13. The number of rotatable bonds is 3. The first kappa shape index (κ1) is 13.8. The fourth-order valence-corrected chi connectivity index (χ4v) is 2.25. The summed E-state index contributed by atoms with van der Waals surface area (Å²) in [4.78, 5) is 14.8. The van der Waals surface area contributed by atoms with Crippen molar-refractivity contribution < 1.29 is 4.92 Å². The minimum absolute atomic E-state index is 0.217. The average molecular weight is 308 g/mol. The lowest BCUT2D eigenvalue weighted by Crippen LogP contribution is -2.60. The second kappa shape index (κ2) is 5.01. The molecular formula is C13H14ClN5O2. The third-order valence-corrected chi connectivity index (χ3v) is 3.70. The van der Waals surface area contributed by atoms with E-state index in [2.05, 4.69) is 15.6 Å². The van der Waals surface area contributed by atoms with Crippen LogP contribution in [-0.4, -0.2) is 16.9 Å². The van der Waals surface area contributed by atoms with E-state index in [0.29, 0.717) is 22.6 Å². The van der Waals surface area contributed by atoms with Crippen LogP contribution in [0.3, 0.4) is 0 Å². The maximum atomic E-state index is 11.3. The number of aliphatic imine (C=N–C) groups is 1. The monoisotopic (exact) mass is 307 g/mol. The summed E-state index contributed by atoms with van der Waals surface area (Å²) in [6.45, 7) is 0. The number of guanidine groups is 1. The Kier molecular flexibility index (Phi) is 3.30. The van der Waals surface area contributed by atoms with Gasteiger partial charge in [0.2, 0.25) is 5.66 Å². The van der Waals surface area contributed by atoms with E-state index in [1.165, 1.54) is 6.20 Å². The highest BCUT2D eigenvalue weighted by Gasteiger charge is 2.44. The van der Waals surface area contributed by atoms with Gasteiger partial charge in [0, 0.05) is 16.6 Å². The number of nitrogens with zero attached hydrogens (tertiary/aromatic N) is 2. The molecule has 1 fully saturated rings. The van der Waals surface area contributed by atoms with Crippen molar-refractivity contribution in [3.05, 3.63) is 56.9 Å². The van der Waals surface area contributed by atoms with Gasteiger partial charge in [0.05, 0.1) is 4.92 Å². The van der Waals surface area contributed by atoms with Crippen LogP contribution in [0.1, 0.15) is 18.4 Å². The number of nitrogens with one attached hydrogen (secondary N) is 2. The summed E-state index contributed by atoms with van der Waals surface area (Å²) in [6, 6.07) is 6.96. The molecule has 0 aromatic heterocycles. The van der Waals surface area contributed by atoms with Gasteiger partial charge in [0.15, 0.2) is 5.96 Å². The van der Waals surface area contributed by atoms with Crippen LogP contribution in [0.2, 0.25) is 5.02 Å². The normalized spacial score (nSPS) is 24.7. The molecule has 1 aliphatic carbocycles. The highest BCUT2D eigenvalue weighted by molar-refractivity contribution is 6.30. The van der Waals surface area contributed by atoms with Crippen molar-refractivity contribution in [2.75, 3.05) is 0 Å². The first-order valence-corrected chi connectivity index (χ1v) is 6.89. The summed E-state index contributed by atoms with van der Waals surface area (Å²) < 4.78 is 0. The molecule has 110 valence electrons. The van der Waals surface area contributed by atoms with Crippen LogP contribution in [0.4, 0.5) is 0 Å². The van der Waals surface area contributed by atoms with Gasteiger partial charge in [-0.15, -0.1) is 0 Å². The van der Waals surface area contributed by atoms with Gasteiger partial charge in [-0.1, -0.05) is 23.7 Å². The van der Waals surface area contributed by atoms with Gasteiger partial charge in [0.1, 0.15) is 6.20 Å². The van der Waals surface area contributed by atoms with Crippen molar-refractivity contribution in [2.45, 2.75) is 24.5 Å². The van der Waals surface area contributed by atoms with E-state index in [1.54, 1.807) is 24.3 Å². The number of nitrogens with two attached hydrogens (primary N) is 1. The van der Waals surface area contributed by atoms with Crippen molar-refractivity contribution in [2.24, 2.45) is 10.7 Å². The van der Waals surface area contributed by atoms with Gasteiger partial charge in [-0.05, 0) is 25.0 Å². The molecule has 8 heteroatoms. The van der Waals surface area contributed by atoms with Gasteiger partial charge >= 0.3 is 5.70 Å². The molecule has 4 N–H and O–H groups in total. The number of hydrogen-bond donors (Lipinski definition) is 3. The quantitative estimate of drug-likeness (QED) is 0.576. The number of nitro groups is 1. The molecule has 2 aliphatic rings. The topological polar surface area (TPSA) is 106 Å². The third-order valence-electron chi connectivity index (χ3n) is 3.45. The van der Waals surface area contributed by atoms with Gasteiger partial charge in [-0.3, -0.25) is 15.8 Å². The Balaban J connectivity index is 1.97. The van der Waals surface area contributed by atoms with E-state index in [-0.39, 0.29) is 5.70 Å². The van der Waals surface area contributed by atoms with Crippen LogP contribution >= 0.6 is 11.6 Å². The first-order chi connectivity index (χ1) is 9.99. The van der Waals surface area contributed by atoms with Gasteiger partial charge in [-0.2, -0.15) is 0 Å². The zero-order valence-electron chi connectivity index (χ0n) is 11.0. The molecule has 1 aromatic rings. The number of benzene rings is 1. The molecule has 0 radical (unpaired) electrons. The minimum atomic E-state index is -1.45. The highest BCUT2D eigenvalue weighted by Crippen LogP contribution is 2.28. The Labute approximate surface area is 126 Å². The summed E-state index contributed by atoms with van der Waals surface area (Å²) in [5.74, 6) is 0.445. The molecule has 3 rings (SSSR count). The zero-order valence-corrected chi connectivity index (χ0v) is 11.8. The van der Waals surface area contributed by atoms with Gasteiger partial charge < -0.3 is 10.6 Å². The van der Waals surface area contributed by atoms with Crippen LogP contribution < -0.4 is 16.4 Å². The molecule has 1 aromatic carbocycles. The van der Waals surface area contributed by atoms with E-state index in [9.17, 15) is 10.1 Å². The number of hydrogen-bond acceptors (Lipinski definition) is 6. The Hall–Kier alpha value is -2.12. The van der Waals surface area contributed by atoms with E-state index in [4.69, 9.17) is 17.3 Å². The summed E-state index contributed by atoms with van der Waals surface area (Å²) in [5.41, 5.74) is 5.15. The molecule has 0 amide bonds. The molecule has 1 heterocycles. The van der Waals surface area contributed by atoms with Crippen molar-refractivity contribution in [1.29, 1.82) is 0 Å². The standard InChI is InChI=1S/C13H14ClN5O2/c14-9-3-1-8(2-4-9)13(15)11(19(20)21)7-16-12(18-13)17-10-5-6-10/h1-4,7,10H,5-6,15H2,(H2,16,17,18). The SMILES string of the molecule is NC1(c2ccc(Cl)cc2)NC(NC2CC2)=NC=C1[N+](=O)[O-]. The predicted octanol–water partition coefficient (Wildman–Crippen LogP) is 1.28. The fraction of sp³-hybridized carbons (Fsp3) is 0.308. The summed E-state index contributed by atoms with van der Waals surface area (Å²) >= 11 is 5.85. The second-order valence-corrected chi connectivity index (χ2v) is 5.54. The molecular weight excluding hydrogens is 294 g/mol. The van der Waals surface area contributed by atoms with Crippen LogP contribution in [0.5, 0.6) is 0 Å². The smallest absolute Gasteiger partial charge is 0.308 e. The van der Waals surface area contributed by atoms with Crippen molar-refractivity contribution >= 4 is 17.6 Å². The lowest BCUT2D eigenvalue weighted by atomic mass is 9.96. The van der Waals surface area contributed by atoms with E-state index < -0.39 is 10.6 Å². The van der Waals surface area contributed by atoms with Crippen LogP contribution in [-0.2, 0) is 5.66 Å². The molecule has 0 spiro atoms. The Bertz CT molecular complexity index is 638. The van der Waals surface area contributed by atoms with Gasteiger partial charge in [0.25, 0.3) is 0 Å². The largest absolute Gasteiger partial charge is 0.353 e. The molecule has 1 atom stereocenters. The summed E-state index contributed by atoms with van der Waals surface area (Å²) in [6.07, 6.45) is 3.31. The highest BCUT2D eigenvalue weighted by atomic mass is 35.5. The molecule has 1 unspecified atom stereocenters. The van der Waals surface area contributed by atoms with E-state index in [1.807, 2.05) is 0 Å². The Morgan fingerprint density at radius 1 is 1.43 bits per heavy atom. The predicted molar refractivity (Wildman–Crippen MR) is 79.1 cm³/mol. The minimum Gasteiger partial charge on any atom is -0.353 e. The van der Waals surface area contributed by atoms with Crippen LogP contribution in [0, 0.1) is 10.1 Å². The third kappa shape index (κ3) is 2.70. The molecule has 0 saturated heterocycles. The lowest BCUT2D eigenvalue weighted by molar-refractivity contribution is -0.437. The molecule has 21 heavy (non-hydrogen) atoms.